The van der Waals surface area contributed by atoms with Crippen LogP contribution >= 0.6 is 0 Å². The predicted molar refractivity (Wildman–Crippen MR) is 76.6 cm³/mol. The molecule has 0 aliphatic heterocycles. The van der Waals surface area contributed by atoms with Crippen molar-refractivity contribution in [3.8, 4) is 0 Å². The summed E-state index contributed by atoms with van der Waals surface area (Å²) in [5.74, 6) is 0. The molecule has 0 saturated carbocycles. The minimum atomic E-state index is 0.150. The second-order valence-electron chi connectivity index (χ2n) is 6.81. The fourth-order valence-electron chi connectivity index (χ4n) is 1.72. The summed E-state index contributed by atoms with van der Waals surface area (Å²) in [4.78, 5) is 0. The summed E-state index contributed by atoms with van der Waals surface area (Å²) in [6.07, 6.45) is 2.90. The van der Waals surface area contributed by atoms with Crippen LogP contribution in [-0.4, -0.2) is 0 Å². The molecule has 0 bridgehead atoms. The fourth-order valence-corrected chi connectivity index (χ4v) is 1.72. The van der Waals surface area contributed by atoms with E-state index in [1.165, 1.54) is 16.7 Å². The molecule has 0 amide bonds. The van der Waals surface area contributed by atoms with Crippen LogP contribution in [0.5, 0.6) is 0 Å². The quantitative estimate of drug-likeness (QED) is 0.638. The molecule has 0 spiro atoms. The summed E-state index contributed by atoms with van der Waals surface area (Å²) >= 11 is 0. The highest BCUT2D eigenvalue weighted by atomic mass is 14.2. The van der Waals surface area contributed by atoms with E-state index in [1.54, 1.807) is 0 Å². The molecule has 93 valence electrons. The Morgan fingerprint density at radius 1 is 1.00 bits per heavy atom. The van der Waals surface area contributed by atoms with Gasteiger partial charge in [0.15, 0.2) is 0 Å². The standard InChI is InChI=1S/C17H25/c1-8-9-13-10-14(16(2,3)4)12-15(11-13)17(5,6)7/h8,10-11H,1,9H2,2-7H3. The second kappa shape index (κ2) is 4.68. The van der Waals surface area contributed by atoms with Crippen molar-refractivity contribution >= 4 is 0 Å². The highest BCUT2D eigenvalue weighted by Crippen LogP contribution is 2.29. The maximum atomic E-state index is 3.83. The minimum absolute atomic E-state index is 0.150. The van der Waals surface area contributed by atoms with Crippen molar-refractivity contribution in [2.75, 3.05) is 0 Å². The van der Waals surface area contributed by atoms with Gasteiger partial charge >= 0.3 is 0 Å². The number of rotatable bonds is 2. The van der Waals surface area contributed by atoms with Gasteiger partial charge in [-0.1, -0.05) is 59.8 Å². The van der Waals surface area contributed by atoms with Crippen molar-refractivity contribution < 1.29 is 0 Å². The van der Waals surface area contributed by atoms with E-state index in [4.69, 9.17) is 0 Å². The van der Waals surface area contributed by atoms with Crippen LogP contribution in [0.3, 0.4) is 0 Å². The zero-order valence-corrected chi connectivity index (χ0v) is 12.1. The number of hydrogen-bond donors (Lipinski definition) is 0. The lowest BCUT2D eigenvalue weighted by atomic mass is 9.79. The molecule has 17 heavy (non-hydrogen) atoms. The van der Waals surface area contributed by atoms with Gasteiger partial charge in [-0.2, -0.15) is 0 Å². The van der Waals surface area contributed by atoms with Crippen LogP contribution < -0.4 is 0 Å². The smallest absolute Gasteiger partial charge is 0.00999 e. The number of hydrogen-bond acceptors (Lipinski definition) is 0. The van der Waals surface area contributed by atoms with Gasteiger partial charge in [0.2, 0.25) is 0 Å². The molecule has 0 N–H and O–H groups in total. The molecule has 0 nitrogen and oxygen atoms in total. The Bertz CT molecular complexity index is 365. The SMILES string of the molecule is C=CCc1cc(C(C)(C)C)[c]c(C(C)(C)C)c1. The van der Waals surface area contributed by atoms with Crippen LogP contribution in [0.25, 0.3) is 0 Å². The van der Waals surface area contributed by atoms with E-state index in [1.807, 2.05) is 6.08 Å². The van der Waals surface area contributed by atoms with E-state index in [-0.39, 0.29) is 10.8 Å². The van der Waals surface area contributed by atoms with Crippen molar-refractivity contribution in [2.45, 2.75) is 58.8 Å². The first-order valence-corrected chi connectivity index (χ1v) is 6.32. The van der Waals surface area contributed by atoms with E-state index < -0.39 is 0 Å². The summed E-state index contributed by atoms with van der Waals surface area (Å²) in [6.45, 7) is 17.3. The number of benzene rings is 1. The van der Waals surface area contributed by atoms with Gasteiger partial charge in [-0.05, 0) is 40.0 Å². The predicted octanol–water partition coefficient (Wildman–Crippen LogP) is 4.81. The largest absolute Gasteiger partial charge is 0.103 e. The topological polar surface area (TPSA) is 0 Å². The highest BCUT2D eigenvalue weighted by molar-refractivity contribution is 5.36. The molecular formula is C17H25. The van der Waals surface area contributed by atoms with Crippen LogP contribution in [0, 0.1) is 6.07 Å². The maximum absolute atomic E-state index is 3.83. The molecule has 0 fully saturated rings. The Morgan fingerprint density at radius 3 is 1.71 bits per heavy atom. The molecule has 1 radical (unpaired) electrons. The van der Waals surface area contributed by atoms with E-state index in [9.17, 15) is 0 Å². The summed E-state index contributed by atoms with van der Waals surface area (Å²) in [5, 5.41) is 0. The molecule has 0 aliphatic carbocycles. The molecule has 0 aromatic heterocycles. The average molecular weight is 229 g/mol. The third kappa shape index (κ3) is 3.73. The van der Waals surface area contributed by atoms with Crippen LogP contribution in [-0.2, 0) is 17.3 Å². The van der Waals surface area contributed by atoms with Crippen molar-refractivity contribution in [1.82, 2.24) is 0 Å². The first-order chi connectivity index (χ1) is 7.64. The van der Waals surface area contributed by atoms with Crippen LogP contribution in [0.1, 0.15) is 58.2 Å². The zero-order chi connectivity index (χ0) is 13.3. The lowest BCUT2D eigenvalue weighted by Crippen LogP contribution is -2.17. The average Bonchev–Trinajstić information content (AvgIpc) is 2.15. The summed E-state index contributed by atoms with van der Waals surface area (Å²) in [6, 6.07) is 8.11. The lowest BCUT2D eigenvalue weighted by Gasteiger charge is -2.25. The summed E-state index contributed by atoms with van der Waals surface area (Å²) in [5.41, 5.74) is 4.23. The molecule has 1 aromatic carbocycles. The van der Waals surface area contributed by atoms with Crippen molar-refractivity contribution in [3.05, 3.63) is 47.5 Å². The molecule has 1 rings (SSSR count). The van der Waals surface area contributed by atoms with Gasteiger partial charge in [0, 0.05) is 0 Å². The Morgan fingerprint density at radius 2 is 1.41 bits per heavy atom. The van der Waals surface area contributed by atoms with Crippen molar-refractivity contribution in [2.24, 2.45) is 0 Å². The van der Waals surface area contributed by atoms with Gasteiger partial charge < -0.3 is 0 Å². The van der Waals surface area contributed by atoms with E-state index in [2.05, 4.69) is 66.3 Å². The van der Waals surface area contributed by atoms with Crippen LogP contribution in [0.4, 0.5) is 0 Å². The van der Waals surface area contributed by atoms with Gasteiger partial charge in [-0.25, -0.2) is 0 Å². The molecule has 0 unspecified atom stereocenters. The van der Waals surface area contributed by atoms with E-state index in [0.717, 1.165) is 6.42 Å². The molecule has 0 saturated heterocycles. The van der Waals surface area contributed by atoms with E-state index >= 15 is 0 Å². The highest BCUT2D eigenvalue weighted by Gasteiger charge is 2.20. The van der Waals surface area contributed by atoms with Crippen molar-refractivity contribution in [1.29, 1.82) is 0 Å². The molecule has 1 aromatic rings. The normalized spacial score (nSPS) is 12.6. The molecule has 0 atom stereocenters. The lowest BCUT2D eigenvalue weighted by molar-refractivity contribution is 0.565. The monoisotopic (exact) mass is 229 g/mol. The maximum Gasteiger partial charge on any atom is -0.00999 e. The van der Waals surface area contributed by atoms with Crippen molar-refractivity contribution in [3.63, 3.8) is 0 Å². The molecular weight excluding hydrogens is 204 g/mol. The van der Waals surface area contributed by atoms with Gasteiger partial charge in [0.25, 0.3) is 0 Å². The zero-order valence-electron chi connectivity index (χ0n) is 12.1. The third-order valence-electron chi connectivity index (χ3n) is 2.92. The minimum Gasteiger partial charge on any atom is -0.103 e. The summed E-state index contributed by atoms with van der Waals surface area (Å²) < 4.78 is 0. The Labute approximate surface area is 107 Å². The third-order valence-corrected chi connectivity index (χ3v) is 2.92. The van der Waals surface area contributed by atoms with Gasteiger partial charge in [0.05, 0.1) is 0 Å². The van der Waals surface area contributed by atoms with Crippen LogP contribution in [0.2, 0.25) is 0 Å². The first kappa shape index (κ1) is 14.0. The van der Waals surface area contributed by atoms with Crippen LogP contribution in [0.15, 0.2) is 24.8 Å². The number of allylic oxidation sites excluding steroid dienone is 1. The van der Waals surface area contributed by atoms with Gasteiger partial charge in [-0.15, -0.1) is 6.58 Å². The second-order valence-corrected chi connectivity index (χ2v) is 6.81. The Kier molecular flexibility index (Phi) is 3.86. The Hall–Kier alpha value is -1.04. The van der Waals surface area contributed by atoms with E-state index in [0.29, 0.717) is 0 Å². The molecule has 0 aliphatic rings. The van der Waals surface area contributed by atoms with Gasteiger partial charge in [-0.3, -0.25) is 0 Å². The molecule has 0 heterocycles. The molecule has 0 heteroatoms. The van der Waals surface area contributed by atoms with Gasteiger partial charge in [0.1, 0.15) is 0 Å². The Balaban J connectivity index is 3.34. The summed E-state index contributed by atoms with van der Waals surface area (Å²) in [7, 11) is 0. The fraction of sp³-hybridized carbons (Fsp3) is 0.529. The first-order valence-electron chi connectivity index (χ1n) is 6.32.